The molecule has 1 aromatic rings. The molecular formula is C17H24N2OS. The highest BCUT2D eigenvalue weighted by molar-refractivity contribution is 8.00. The second-order valence-electron chi connectivity index (χ2n) is 6.05. The van der Waals surface area contributed by atoms with Crippen LogP contribution in [0.3, 0.4) is 0 Å². The van der Waals surface area contributed by atoms with Crippen molar-refractivity contribution < 1.29 is 4.79 Å². The number of aryl methyl sites for hydroxylation is 1. The third kappa shape index (κ3) is 3.27. The van der Waals surface area contributed by atoms with Gasteiger partial charge in [0.15, 0.2) is 0 Å². The van der Waals surface area contributed by atoms with Crippen LogP contribution in [0.2, 0.25) is 0 Å². The van der Waals surface area contributed by atoms with E-state index in [1.54, 1.807) is 0 Å². The standard InChI is InChI=1S/C17H24N2OS/c1-18-11-13-5-4-9-19(12-13)17(20)16-15-7-3-2-6-14(15)8-10-21-16/h2-3,6-7,13,16,18H,4-5,8-12H2,1H3/t13-,16-/m1/s1. The number of nitrogens with zero attached hydrogens (tertiary/aromatic N) is 1. The molecule has 0 spiro atoms. The predicted octanol–water partition coefficient (Wildman–Crippen LogP) is 2.48. The number of thioether (sulfide) groups is 1. The molecule has 0 radical (unpaired) electrons. The molecule has 3 nitrogen and oxygen atoms in total. The van der Waals surface area contributed by atoms with Gasteiger partial charge in [0.2, 0.25) is 5.91 Å². The number of hydrogen-bond donors (Lipinski definition) is 1. The minimum absolute atomic E-state index is 0.0169. The summed E-state index contributed by atoms with van der Waals surface area (Å²) in [5, 5.41) is 3.27. The first-order valence-corrected chi connectivity index (χ1v) is 8.97. The molecule has 21 heavy (non-hydrogen) atoms. The van der Waals surface area contributed by atoms with Crippen LogP contribution in [0.15, 0.2) is 24.3 Å². The zero-order valence-corrected chi connectivity index (χ0v) is 13.5. The molecule has 1 saturated heterocycles. The molecule has 1 N–H and O–H groups in total. The normalized spacial score (nSPS) is 25.5. The molecule has 3 rings (SSSR count). The van der Waals surface area contributed by atoms with Gasteiger partial charge < -0.3 is 10.2 Å². The maximum absolute atomic E-state index is 13.0. The summed E-state index contributed by atoms with van der Waals surface area (Å²) in [5.74, 6) is 1.99. The van der Waals surface area contributed by atoms with Crippen molar-refractivity contribution >= 4 is 17.7 Å². The predicted molar refractivity (Wildman–Crippen MR) is 88.6 cm³/mol. The zero-order chi connectivity index (χ0) is 14.7. The number of rotatable bonds is 3. The van der Waals surface area contributed by atoms with Crippen molar-refractivity contribution in [2.45, 2.75) is 24.5 Å². The summed E-state index contributed by atoms with van der Waals surface area (Å²) in [5.41, 5.74) is 2.60. The van der Waals surface area contributed by atoms with Crippen molar-refractivity contribution in [2.24, 2.45) is 5.92 Å². The minimum Gasteiger partial charge on any atom is -0.341 e. The van der Waals surface area contributed by atoms with Gasteiger partial charge in [0, 0.05) is 13.1 Å². The Morgan fingerprint density at radius 1 is 1.43 bits per heavy atom. The lowest BCUT2D eigenvalue weighted by Gasteiger charge is -2.36. The van der Waals surface area contributed by atoms with Gasteiger partial charge >= 0.3 is 0 Å². The third-order valence-electron chi connectivity index (χ3n) is 4.54. The van der Waals surface area contributed by atoms with Crippen molar-refractivity contribution in [2.75, 3.05) is 32.4 Å². The number of carbonyl (C=O) groups excluding carboxylic acids is 1. The van der Waals surface area contributed by atoms with Gasteiger partial charge in [0.25, 0.3) is 0 Å². The van der Waals surface area contributed by atoms with E-state index in [1.165, 1.54) is 17.5 Å². The molecule has 2 atom stereocenters. The first kappa shape index (κ1) is 14.9. The Morgan fingerprint density at radius 2 is 2.29 bits per heavy atom. The Hall–Kier alpha value is -1.00. The van der Waals surface area contributed by atoms with Crippen LogP contribution >= 0.6 is 11.8 Å². The van der Waals surface area contributed by atoms with Gasteiger partial charge in [-0.05, 0) is 55.7 Å². The van der Waals surface area contributed by atoms with E-state index in [0.29, 0.717) is 11.8 Å². The van der Waals surface area contributed by atoms with Crippen LogP contribution in [0, 0.1) is 5.92 Å². The molecule has 0 bridgehead atoms. The SMILES string of the molecule is CNC[C@H]1CCCN(C(=O)[C@@H]2SCCc3ccccc32)C1. The monoisotopic (exact) mass is 304 g/mol. The van der Waals surface area contributed by atoms with Crippen molar-refractivity contribution in [3.8, 4) is 0 Å². The fourth-order valence-corrected chi connectivity index (χ4v) is 4.76. The highest BCUT2D eigenvalue weighted by Crippen LogP contribution is 2.38. The van der Waals surface area contributed by atoms with Crippen molar-refractivity contribution in [3.63, 3.8) is 0 Å². The molecule has 0 unspecified atom stereocenters. The maximum Gasteiger partial charge on any atom is 0.240 e. The van der Waals surface area contributed by atoms with E-state index in [9.17, 15) is 4.79 Å². The van der Waals surface area contributed by atoms with Crippen LogP contribution in [0.25, 0.3) is 0 Å². The topological polar surface area (TPSA) is 32.3 Å². The van der Waals surface area contributed by atoms with Gasteiger partial charge in [0.05, 0.1) is 0 Å². The maximum atomic E-state index is 13.0. The van der Waals surface area contributed by atoms with E-state index >= 15 is 0 Å². The Balaban J connectivity index is 1.74. The second-order valence-corrected chi connectivity index (χ2v) is 7.26. The molecule has 2 aliphatic rings. The highest BCUT2D eigenvalue weighted by Gasteiger charge is 2.32. The number of likely N-dealkylation sites (tertiary alicyclic amines) is 1. The zero-order valence-electron chi connectivity index (χ0n) is 12.7. The van der Waals surface area contributed by atoms with E-state index in [0.717, 1.165) is 38.2 Å². The number of hydrogen-bond acceptors (Lipinski definition) is 3. The van der Waals surface area contributed by atoms with Gasteiger partial charge in [-0.15, -0.1) is 11.8 Å². The van der Waals surface area contributed by atoms with Crippen molar-refractivity contribution in [3.05, 3.63) is 35.4 Å². The van der Waals surface area contributed by atoms with E-state index in [4.69, 9.17) is 0 Å². The fourth-order valence-electron chi connectivity index (χ4n) is 3.48. The summed E-state index contributed by atoms with van der Waals surface area (Å²) >= 11 is 1.82. The second kappa shape index (κ2) is 6.84. The Kier molecular flexibility index (Phi) is 4.86. The smallest absolute Gasteiger partial charge is 0.240 e. The molecular weight excluding hydrogens is 280 g/mol. The Labute approximate surface area is 131 Å². The van der Waals surface area contributed by atoms with Gasteiger partial charge in [0.1, 0.15) is 5.25 Å². The van der Waals surface area contributed by atoms with Gasteiger partial charge in [-0.25, -0.2) is 0 Å². The van der Waals surface area contributed by atoms with Crippen LogP contribution in [0.5, 0.6) is 0 Å². The molecule has 1 aromatic carbocycles. The number of benzene rings is 1. The van der Waals surface area contributed by atoms with E-state index < -0.39 is 0 Å². The quantitative estimate of drug-likeness (QED) is 0.931. The van der Waals surface area contributed by atoms with Crippen LogP contribution < -0.4 is 5.32 Å². The number of carbonyl (C=O) groups is 1. The number of piperidine rings is 1. The van der Waals surface area contributed by atoms with Crippen molar-refractivity contribution in [1.29, 1.82) is 0 Å². The number of nitrogens with one attached hydrogen (secondary N) is 1. The first-order valence-electron chi connectivity index (χ1n) is 7.92. The van der Waals surface area contributed by atoms with Gasteiger partial charge in [-0.1, -0.05) is 24.3 Å². The summed E-state index contributed by atoms with van der Waals surface area (Å²) in [6, 6.07) is 8.46. The summed E-state index contributed by atoms with van der Waals surface area (Å²) < 4.78 is 0. The molecule has 1 fully saturated rings. The van der Waals surface area contributed by atoms with E-state index in [2.05, 4.69) is 34.5 Å². The van der Waals surface area contributed by atoms with Gasteiger partial charge in [-0.3, -0.25) is 4.79 Å². The average molecular weight is 304 g/mol. The molecule has 1 amide bonds. The lowest BCUT2D eigenvalue weighted by atomic mass is 9.96. The van der Waals surface area contributed by atoms with E-state index in [-0.39, 0.29) is 5.25 Å². The lowest BCUT2D eigenvalue weighted by molar-refractivity contribution is -0.132. The van der Waals surface area contributed by atoms with Crippen LogP contribution in [-0.2, 0) is 11.2 Å². The summed E-state index contributed by atoms with van der Waals surface area (Å²) in [4.78, 5) is 15.1. The van der Waals surface area contributed by atoms with Crippen LogP contribution in [0.1, 0.15) is 29.2 Å². The molecule has 4 heteroatoms. The van der Waals surface area contributed by atoms with Crippen LogP contribution in [0.4, 0.5) is 0 Å². The molecule has 2 aliphatic heterocycles. The highest BCUT2D eigenvalue weighted by atomic mass is 32.2. The minimum atomic E-state index is 0.0169. The fraction of sp³-hybridized carbons (Fsp3) is 0.588. The molecule has 114 valence electrons. The Morgan fingerprint density at radius 3 is 3.14 bits per heavy atom. The largest absolute Gasteiger partial charge is 0.341 e. The molecule has 2 heterocycles. The van der Waals surface area contributed by atoms with Crippen molar-refractivity contribution in [1.82, 2.24) is 10.2 Å². The average Bonchev–Trinajstić information content (AvgIpc) is 2.54. The third-order valence-corrected chi connectivity index (χ3v) is 5.77. The summed E-state index contributed by atoms with van der Waals surface area (Å²) in [6.07, 6.45) is 3.46. The lowest BCUT2D eigenvalue weighted by Crippen LogP contribution is -2.44. The number of fused-ring (bicyclic) bond motifs is 1. The first-order chi connectivity index (χ1) is 10.3. The molecule has 0 aliphatic carbocycles. The number of amides is 1. The summed E-state index contributed by atoms with van der Waals surface area (Å²) in [6.45, 7) is 2.86. The molecule has 0 aromatic heterocycles. The van der Waals surface area contributed by atoms with Crippen LogP contribution in [-0.4, -0.2) is 43.2 Å². The van der Waals surface area contributed by atoms with Gasteiger partial charge in [-0.2, -0.15) is 0 Å². The van der Waals surface area contributed by atoms with E-state index in [1.807, 2.05) is 18.8 Å². The summed E-state index contributed by atoms with van der Waals surface area (Å²) in [7, 11) is 1.99. The molecule has 0 saturated carbocycles. The Bertz CT molecular complexity index is 503.